The van der Waals surface area contributed by atoms with Gasteiger partial charge in [0.15, 0.2) is 0 Å². The van der Waals surface area contributed by atoms with E-state index in [0.717, 1.165) is 35.6 Å². The van der Waals surface area contributed by atoms with Crippen molar-refractivity contribution in [2.45, 2.75) is 12.2 Å². The van der Waals surface area contributed by atoms with E-state index < -0.39 is 0 Å². The Kier molecular flexibility index (Phi) is 3.31. The van der Waals surface area contributed by atoms with E-state index in [0.29, 0.717) is 10.8 Å². The van der Waals surface area contributed by atoms with Crippen molar-refractivity contribution in [1.82, 2.24) is 4.98 Å². The molecule has 1 fully saturated rings. The maximum Gasteiger partial charge on any atom is 0.130 e. The molecule has 96 valence electrons. The summed E-state index contributed by atoms with van der Waals surface area (Å²) in [4.78, 5) is 6.99. The van der Waals surface area contributed by atoms with Crippen molar-refractivity contribution in [3.05, 3.63) is 35.9 Å². The highest BCUT2D eigenvalue weighted by Crippen LogP contribution is 2.26. The molecule has 0 bridgehead atoms. The highest BCUT2D eigenvalue weighted by molar-refractivity contribution is 8.00. The average Bonchev–Trinajstić information content (AvgIpc) is 2.46. The summed E-state index contributed by atoms with van der Waals surface area (Å²) in [7, 11) is 0. The number of aromatic nitrogens is 1. The van der Waals surface area contributed by atoms with Crippen molar-refractivity contribution in [2.75, 3.05) is 23.7 Å². The lowest BCUT2D eigenvalue weighted by atomic mass is 10.1. The molecule has 1 aliphatic rings. The van der Waals surface area contributed by atoms with Gasteiger partial charge in [-0.1, -0.05) is 25.1 Å². The fourth-order valence-electron chi connectivity index (χ4n) is 2.44. The minimum absolute atomic E-state index is 0.618. The third-order valence-corrected chi connectivity index (χ3v) is 4.52. The summed E-state index contributed by atoms with van der Waals surface area (Å²) >= 11 is 2.00. The van der Waals surface area contributed by atoms with Gasteiger partial charge in [0.25, 0.3) is 0 Å². The Labute approximate surface area is 117 Å². The maximum atomic E-state index is 9.31. The van der Waals surface area contributed by atoms with Crippen molar-refractivity contribution in [2.24, 2.45) is 0 Å². The van der Waals surface area contributed by atoms with Gasteiger partial charge in [-0.05, 0) is 12.1 Å². The van der Waals surface area contributed by atoms with E-state index in [-0.39, 0.29) is 0 Å². The first-order valence-electron chi connectivity index (χ1n) is 6.44. The number of anilines is 1. The van der Waals surface area contributed by atoms with Crippen LogP contribution in [0, 0.1) is 11.3 Å². The van der Waals surface area contributed by atoms with Crippen LogP contribution in [0.4, 0.5) is 5.82 Å². The normalized spacial score (nSPS) is 19.4. The van der Waals surface area contributed by atoms with E-state index in [2.05, 4.69) is 17.9 Å². The number of para-hydroxylation sites is 1. The first-order chi connectivity index (χ1) is 9.28. The molecule has 1 unspecified atom stereocenters. The second kappa shape index (κ2) is 5.10. The molecule has 1 aromatic carbocycles. The van der Waals surface area contributed by atoms with E-state index in [9.17, 15) is 5.26 Å². The zero-order valence-corrected chi connectivity index (χ0v) is 11.7. The molecule has 1 aromatic heterocycles. The van der Waals surface area contributed by atoms with Gasteiger partial charge in [0, 0.05) is 29.5 Å². The number of thioether (sulfide) groups is 1. The highest BCUT2D eigenvalue weighted by atomic mass is 32.2. The average molecular weight is 269 g/mol. The van der Waals surface area contributed by atoms with Crippen molar-refractivity contribution >= 4 is 28.5 Å². The molecule has 0 aliphatic carbocycles. The topological polar surface area (TPSA) is 39.9 Å². The van der Waals surface area contributed by atoms with Crippen molar-refractivity contribution in [1.29, 1.82) is 5.26 Å². The predicted molar refractivity (Wildman–Crippen MR) is 80.6 cm³/mol. The van der Waals surface area contributed by atoms with Crippen LogP contribution in [0.15, 0.2) is 30.3 Å². The van der Waals surface area contributed by atoms with Crippen molar-refractivity contribution < 1.29 is 0 Å². The minimum Gasteiger partial charge on any atom is -0.355 e. The molecule has 0 spiro atoms. The second-order valence-corrected chi connectivity index (χ2v) is 6.33. The van der Waals surface area contributed by atoms with Crippen LogP contribution in [0.1, 0.15) is 12.5 Å². The Morgan fingerprint density at radius 2 is 2.26 bits per heavy atom. The van der Waals surface area contributed by atoms with Crippen molar-refractivity contribution in [3.8, 4) is 6.07 Å². The molecule has 0 N–H and O–H groups in total. The first-order valence-corrected chi connectivity index (χ1v) is 7.49. The smallest absolute Gasteiger partial charge is 0.130 e. The van der Waals surface area contributed by atoms with E-state index >= 15 is 0 Å². The fourth-order valence-corrected chi connectivity index (χ4v) is 3.46. The molecule has 3 rings (SSSR count). The van der Waals surface area contributed by atoms with Crippen molar-refractivity contribution in [3.63, 3.8) is 0 Å². The third kappa shape index (κ3) is 2.39. The van der Waals surface area contributed by atoms with Crippen LogP contribution in [0.25, 0.3) is 10.9 Å². The molecule has 0 amide bonds. The summed E-state index contributed by atoms with van der Waals surface area (Å²) in [5.41, 5.74) is 1.62. The van der Waals surface area contributed by atoms with Gasteiger partial charge >= 0.3 is 0 Å². The number of hydrogen-bond acceptors (Lipinski definition) is 4. The molecule has 2 heterocycles. The predicted octanol–water partition coefficient (Wildman–Crippen LogP) is 3.05. The zero-order chi connectivity index (χ0) is 13.2. The summed E-state index contributed by atoms with van der Waals surface area (Å²) in [6, 6.07) is 12.1. The Bertz CT molecular complexity index is 647. The number of pyridine rings is 1. The summed E-state index contributed by atoms with van der Waals surface area (Å²) in [5, 5.41) is 10.9. The lowest BCUT2D eigenvalue weighted by molar-refractivity contribution is 0.772. The Morgan fingerprint density at radius 3 is 3.05 bits per heavy atom. The molecule has 2 aromatic rings. The van der Waals surface area contributed by atoms with E-state index in [1.54, 1.807) is 0 Å². The molecule has 0 radical (unpaired) electrons. The van der Waals surface area contributed by atoms with Crippen LogP contribution in [-0.4, -0.2) is 29.1 Å². The SMILES string of the molecule is CC1CN(c2cc(C#N)c3ccccc3n2)CCS1. The van der Waals surface area contributed by atoms with Crippen LogP contribution < -0.4 is 4.90 Å². The number of nitrogens with zero attached hydrogens (tertiary/aromatic N) is 3. The molecule has 19 heavy (non-hydrogen) atoms. The van der Waals surface area contributed by atoms with Crippen LogP contribution in [0.5, 0.6) is 0 Å². The number of benzene rings is 1. The van der Waals surface area contributed by atoms with E-state index in [1.807, 2.05) is 42.1 Å². The van der Waals surface area contributed by atoms with Crippen LogP contribution >= 0.6 is 11.8 Å². The molecule has 1 atom stereocenters. The van der Waals surface area contributed by atoms with Gasteiger partial charge in [-0.15, -0.1) is 0 Å². The van der Waals surface area contributed by atoms with Crippen LogP contribution in [-0.2, 0) is 0 Å². The second-order valence-electron chi connectivity index (χ2n) is 4.78. The van der Waals surface area contributed by atoms with Gasteiger partial charge in [-0.2, -0.15) is 17.0 Å². The monoisotopic (exact) mass is 269 g/mol. The molecule has 1 aliphatic heterocycles. The van der Waals surface area contributed by atoms with E-state index in [1.165, 1.54) is 0 Å². The minimum atomic E-state index is 0.618. The molecule has 3 nitrogen and oxygen atoms in total. The molecular formula is C15H15N3S. The zero-order valence-electron chi connectivity index (χ0n) is 10.8. The fraction of sp³-hybridized carbons (Fsp3) is 0.333. The van der Waals surface area contributed by atoms with Gasteiger partial charge in [-0.3, -0.25) is 0 Å². The molecular weight excluding hydrogens is 254 g/mol. The largest absolute Gasteiger partial charge is 0.355 e. The Balaban J connectivity index is 2.07. The van der Waals surface area contributed by atoms with Crippen LogP contribution in [0.3, 0.4) is 0 Å². The van der Waals surface area contributed by atoms with Gasteiger partial charge in [0.2, 0.25) is 0 Å². The summed E-state index contributed by atoms with van der Waals surface area (Å²) in [6.45, 7) is 4.25. The number of nitriles is 1. The van der Waals surface area contributed by atoms with Gasteiger partial charge in [0.05, 0.1) is 17.1 Å². The molecule has 4 heteroatoms. The standard InChI is InChI=1S/C15H15N3S/c1-11-10-18(6-7-19-11)15-8-12(9-16)13-4-2-3-5-14(13)17-15/h2-5,8,11H,6-7,10H2,1H3. The van der Waals surface area contributed by atoms with E-state index in [4.69, 9.17) is 4.98 Å². The maximum absolute atomic E-state index is 9.31. The first kappa shape index (κ1) is 12.3. The lowest BCUT2D eigenvalue weighted by Crippen LogP contribution is -2.37. The van der Waals surface area contributed by atoms with Gasteiger partial charge in [0.1, 0.15) is 5.82 Å². The highest BCUT2D eigenvalue weighted by Gasteiger charge is 2.19. The number of hydrogen-bond donors (Lipinski definition) is 0. The summed E-state index contributed by atoms with van der Waals surface area (Å²) < 4.78 is 0. The van der Waals surface area contributed by atoms with Crippen LogP contribution in [0.2, 0.25) is 0 Å². The lowest BCUT2D eigenvalue weighted by Gasteiger charge is -2.31. The number of fused-ring (bicyclic) bond motifs is 1. The third-order valence-electron chi connectivity index (χ3n) is 3.39. The Hall–Kier alpha value is -1.73. The van der Waals surface area contributed by atoms with Gasteiger partial charge in [-0.25, -0.2) is 4.98 Å². The Morgan fingerprint density at radius 1 is 1.42 bits per heavy atom. The number of rotatable bonds is 1. The summed E-state index contributed by atoms with van der Waals surface area (Å²) in [6.07, 6.45) is 0. The van der Waals surface area contributed by atoms with Gasteiger partial charge < -0.3 is 4.90 Å². The molecule has 0 saturated carbocycles. The summed E-state index contributed by atoms with van der Waals surface area (Å²) in [5.74, 6) is 2.06. The molecule has 1 saturated heterocycles. The quantitative estimate of drug-likeness (QED) is 0.797.